The van der Waals surface area contributed by atoms with Crippen LogP contribution in [0.3, 0.4) is 0 Å². The normalized spacial score (nSPS) is 12.4. The van der Waals surface area contributed by atoms with Gasteiger partial charge in [0.2, 0.25) is 0 Å². The average molecular weight is 271 g/mol. The van der Waals surface area contributed by atoms with Gasteiger partial charge in [-0.1, -0.05) is 24.3 Å². The van der Waals surface area contributed by atoms with E-state index in [9.17, 15) is 0 Å². The number of hydrogen-bond acceptors (Lipinski definition) is 4. The molecular formula is C16H21N3O. The third kappa shape index (κ3) is 3.54. The van der Waals surface area contributed by atoms with Crippen molar-refractivity contribution in [3.05, 3.63) is 42.1 Å². The van der Waals surface area contributed by atoms with Gasteiger partial charge < -0.3 is 10.1 Å². The zero-order chi connectivity index (χ0) is 14.5. The molecule has 0 saturated heterocycles. The zero-order valence-corrected chi connectivity index (χ0v) is 12.4. The highest BCUT2D eigenvalue weighted by atomic mass is 16.5. The molecule has 0 fully saturated rings. The molecule has 1 heterocycles. The highest BCUT2D eigenvalue weighted by Crippen LogP contribution is 2.21. The largest absolute Gasteiger partial charge is 0.377 e. The molecule has 0 radical (unpaired) electrons. The molecule has 1 aromatic carbocycles. The van der Waals surface area contributed by atoms with E-state index < -0.39 is 0 Å². The standard InChI is InChI=1S/C16H21N3O/c1-11(2)18-15-9-10-17-16(19-15)14-7-5-13(6-8-14)12(3)20-4/h5-12H,1-4H3,(H,17,18,19)/t12-/m1/s1. The third-order valence-corrected chi connectivity index (χ3v) is 3.08. The number of aromatic nitrogens is 2. The van der Waals surface area contributed by atoms with Crippen molar-refractivity contribution in [1.29, 1.82) is 0 Å². The van der Waals surface area contributed by atoms with E-state index in [1.165, 1.54) is 0 Å². The summed E-state index contributed by atoms with van der Waals surface area (Å²) in [5.41, 5.74) is 2.15. The third-order valence-electron chi connectivity index (χ3n) is 3.08. The van der Waals surface area contributed by atoms with E-state index in [0.717, 1.165) is 22.8 Å². The first kappa shape index (κ1) is 14.5. The maximum atomic E-state index is 5.30. The number of ether oxygens (including phenoxy) is 1. The van der Waals surface area contributed by atoms with Crippen LogP contribution in [0.2, 0.25) is 0 Å². The molecule has 0 aliphatic carbocycles. The van der Waals surface area contributed by atoms with Crippen LogP contribution in [0.15, 0.2) is 36.5 Å². The number of nitrogens with one attached hydrogen (secondary N) is 1. The molecule has 106 valence electrons. The number of hydrogen-bond donors (Lipinski definition) is 1. The Morgan fingerprint density at radius 1 is 1.05 bits per heavy atom. The van der Waals surface area contributed by atoms with Crippen molar-refractivity contribution in [1.82, 2.24) is 9.97 Å². The van der Waals surface area contributed by atoms with Crippen molar-refractivity contribution in [2.24, 2.45) is 0 Å². The Morgan fingerprint density at radius 3 is 2.35 bits per heavy atom. The Bertz CT molecular complexity index is 552. The first-order valence-corrected chi connectivity index (χ1v) is 6.83. The number of benzene rings is 1. The molecule has 1 N–H and O–H groups in total. The van der Waals surface area contributed by atoms with Crippen molar-refractivity contribution in [2.75, 3.05) is 12.4 Å². The molecule has 0 aliphatic rings. The molecule has 0 saturated carbocycles. The molecule has 0 spiro atoms. The maximum absolute atomic E-state index is 5.30. The van der Waals surface area contributed by atoms with Gasteiger partial charge in [-0.05, 0) is 32.4 Å². The Balaban J connectivity index is 2.23. The molecule has 0 bridgehead atoms. The zero-order valence-electron chi connectivity index (χ0n) is 12.4. The second-order valence-electron chi connectivity index (χ2n) is 5.06. The Hall–Kier alpha value is -1.94. The van der Waals surface area contributed by atoms with Gasteiger partial charge in [0, 0.05) is 24.9 Å². The van der Waals surface area contributed by atoms with Crippen LogP contribution in [0, 0.1) is 0 Å². The average Bonchev–Trinajstić information content (AvgIpc) is 2.46. The summed E-state index contributed by atoms with van der Waals surface area (Å²) in [6.07, 6.45) is 1.87. The van der Waals surface area contributed by atoms with E-state index in [1.807, 2.05) is 25.1 Å². The fourth-order valence-corrected chi connectivity index (χ4v) is 1.91. The summed E-state index contributed by atoms with van der Waals surface area (Å²) in [6.45, 7) is 6.20. The van der Waals surface area contributed by atoms with Gasteiger partial charge in [-0.25, -0.2) is 9.97 Å². The lowest BCUT2D eigenvalue weighted by Gasteiger charge is -2.11. The number of rotatable bonds is 5. The molecule has 4 heteroatoms. The van der Waals surface area contributed by atoms with Crippen molar-refractivity contribution in [3.8, 4) is 11.4 Å². The van der Waals surface area contributed by atoms with Crippen LogP contribution in [0.1, 0.15) is 32.4 Å². The van der Waals surface area contributed by atoms with Crippen LogP contribution < -0.4 is 5.32 Å². The van der Waals surface area contributed by atoms with E-state index in [2.05, 4.69) is 41.3 Å². The van der Waals surface area contributed by atoms with Gasteiger partial charge in [0.1, 0.15) is 5.82 Å². The predicted molar refractivity (Wildman–Crippen MR) is 81.7 cm³/mol. The summed E-state index contributed by atoms with van der Waals surface area (Å²) >= 11 is 0. The van der Waals surface area contributed by atoms with E-state index in [4.69, 9.17) is 4.74 Å². The second-order valence-corrected chi connectivity index (χ2v) is 5.06. The fourth-order valence-electron chi connectivity index (χ4n) is 1.91. The van der Waals surface area contributed by atoms with Gasteiger partial charge in [0.25, 0.3) is 0 Å². The molecule has 4 nitrogen and oxygen atoms in total. The molecular weight excluding hydrogens is 250 g/mol. The summed E-state index contributed by atoms with van der Waals surface area (Å²) in [6, 6.07) is 10.4. The lowest BCUT2D eigenvalue weighted by atomic mass is 10.1. The fraction of sp³-hybridized carbons (Fsp3) is 0.375. The molecule has 1 atom stereocenters. The number of nitrogens with zero attached hydrogens (tertiary/aromatic N) is 2. The summed E-state index contributed by atoms with van der Waals surface area (Å²) < 4.78 is 5.30. The minimum atomic E-state index is 0.0962. The minimum Gasteiger partial charge on any atom is -0.377 e. The van der Waals surface area contributed by atoms with Gasteiger partial charge in [0.15, 0.2) is 5.82 Å². The van der Waals surface area contributed by atoms with Crippen LogP contribution in [0.5, 0.6) is 0 Å². The van der Waals surface area contributed by atoms with Crippen molar-refractivity contribution < 1.29 is 4.74 Å². The molecule has 0 aliphatic heterocycles. The Kier molecular flexibility index (Phi) is 4.69. The van der Waals surface area contributed by atoms with Crippen LogP contribution >= 0.6 is 0 Å². The summed E-state index contributed by atoms with van der Waals surface area (Å²) in [7, 11) is 1.71. The van der Waals surface area contributed by atoms with E-state index >= 15 is 0 Å². The van der Waals surface area contributed by atoms with Crippen molar-refractivity contribution in [2.45, 2.75) is 32.9 Å². The van der Waals surface area contributed by atoms with E-state index in [-0.39, 0.29) is 6.10 Å². The lowest BCUT2D eigenvalue weighted by molar-refractivity contribution is 0.119. The van der Waals surface area contributed by atoms with E-state index in [0.29, 0.717) is 6.04 Å². The molecule has 0 amide bonds. The second kappa shape index (κ2) is 6.48. The summed E-state index contributed by atoms with van der Waals surface area (Å²) in [5, 5.41) is 3.28. The van der Waals surface area contributed by atoms with Crippen molar-refractivity contribution >= 4 is 5.82 Å². The van der Waals surface area contributed by atoms with Gasteiger partial charge in [-0.2, -0.15) is 0 Å². The highest BCUT2D eigenvalue weighted by Gasteiger charge is 2.06. The Morgan fingerprint density at radius 2 is 1.75 bits per heavy atom. The first-order chi connectivity index (χ1) is 9.60. The van der Waals surface area contributed by atoms with Gasteiger partial charge in [-0.3, -0.25) is 0 Å². The lowest BCUT2D eigenvalue weighted by Crippen LogP contribution is -2.11. The number of methoxy groups -OCH3 is 1. The molecule has 0 unspecified atom stereocenters. The maximum Gasteiger partial charge on any atom is 0.161 e. The van der Waals surface area contributed by atoms with Crippen LogP contribution in [0.25, 0.3) is 11.4 Å². The predicted octanol–water partition coefficient (Wildman–Crippen LogP) is 3.67. The smallest absolute Gasteiger partial charge is 0.161 e. The molecule has 20 heavy (non-hydrogen) atoms. The van der Waals surface area contributed by atoms with Gasteiger partial charge in [0.05, 0.1) is 6.10 Å². The molecule has 2 aromatic rings. The topological polar surface area (TPSA) is 47.0 Å². The van der Waals surface area contributed by atoms with E-state index in [1.54, 1.807) is 13.3 Å². The summed E-state index contributed by atoms with van der Waals surface area (Å²) in [4.78, 5) is 8.85. The monoisotopic (exact) mass is 271 g/mol. The minimum absolute atomic E-state index is 0.0962. The highest BCUT2D eigenvalue weighted by molar-refractivity contribution is 5.57. The van der Waals surface area contributed by atoms with Crippen LogP contribution in [-0.4, -0.2) is 23.1 Å². The molecule has 2 rings (SSSR count). The van der Waals surface area contributed by atoms with Gasteiger partial charge >= 0.3 is 0 Å². The van der Waals surface area contributed by atoms with Crippen LogP contribution in [0.4, 0.5) is 5.82 Å². The molecule has 1 aromatic heterocycles. The summed E-state index contributed by atoms with van der Waals surface area (Å²) in [5.74, 6) is 1.58. The van der Waals surface area contributed by atoms with Gasteiger partial charge in [-0.15, -0.1) is 0 Å². The van der Waals surface area contributed by atoms with Crippen molar-refractivity contribution in [3.63, 3.8) is 0 Å². The first-order valence-electron chi connectivity index (χ1n) is 6.83. The number of anilines is 1. The SMILES string of the molecule is CO[C@H](C)c1ccc(-c2nccc(NC(C)C)n2)cc1. The Labute approximate surface area is 120 Å². The quantitative estimate of drug-likeness (QED) is 0.901. The van der Waals surface area contributed by atoms with Crippen LogP contribution in [-0.2, 0) is 4.74 Å².